The fraction of sp³-hybridized carbons (Fsp3) is 0.750. The molecule has 1 saturated carbocycles. The van der Waals surface area contributed by atoms with E-state index < -0.39 is 35.1 Å². The van der Waals surface area contributed by atoms with E-state index in [-0.39, 0.29) is 19.1 Å². The lowest BCUT2D eigenvalue weighted by molar-refractivity contribution is -0.137. The number of carbonyl (C=O) groups is 1. The smallest absolute Gasteiger partial charge is 0.331 e. The first-order chi connectivity index (χ1) is 12.1. The molecule has 6 heteroatoms. The highest BCUT2D eigenvalue weighted by atomic mass is 16.5. The summed E-state index contributed by atoms with van der Waals surface area (Å²) < 4.78 is 4.90. The van der Waals surface area contributed by atoms with Crippen LogP contribution in [0.5, 0.6) is 0 Å². The molecule has 6 nitrogen and oxygen atoms in total. The van der Waals surface area contributed by atoms with Crippen LogP contribution in [-0.4, -0.2) is 57.9 Å². The number of esters is 1. The molecule has 1 aliphatic heterocycles. The first-order valence-corrected chi connectivity index (χ1v) is 9.32. The Morgan fingerprint density at radius 1 is 1.31 bits per heavy atom. The van der Waals surface area contributed by atoms with Crippen molar-refractivity contribution in [2.75, 3.05) is 13.2 Å². The van der Waals surface area contributed by atoms with Crippen molar-refractivity contribution < 1.29 is 30.0 Å². The normalized spacial score (nSPS) is 41.6. The summed E-state index contributed by atoms with van der Waals surface area (Å²) in [5.41, 5.74) is 1.47. The maximum Gasteiger partial charge on any atom is 0.331 e. The molecule has 0 aromatic heterocycles. The van der Waals surface area contributed by atoms with Crippen molar-refractivity contribution >= 4 is 5.97 Å². The SMILES string of the molecule is CC1=C(C[C@@H](O)C2=CC(=O)OC2)[C@@]2(C)C[C@@H](O)C[C@](C)(CO)[C@@H]2[C@@H](O)C1. The first-order valence-electron chi connectivity index (χ1n) is 9.32. The number of ether oxygens (including phenoxy) is 1. The van der Waals surface area contributed by atoms with E-state index in [2.05, 4.69) is 0 Å². The number of hydrogen-bond donors (Lipinski definition) is 4. The molecular formula is C20H30O6. The quantitative estimate of drug-likeness (QED) is 0.438. The van der Waals surface area contributed by atoms with Crippen LogP contribution in [0.15, 0.2) is 22.8 Å². The second-order valence-corrected chi connectivity index (χ2v) is 8.85. The van der Waals surface area contributed by atoms with Crippen LogP contribution in [-0.2, 0) is 9.53 Å². The Hall–Kier alpha value is -1.21. The monoisotopic (exact) mass is 366 g/mol. The molecule has 3 aliphatic rings. The van der Waals surface area contributed by atoms with Crippen LogP contribution in [0.2, 0.25) is 0 Å². The molecule has 3 rings (SSSR count). The highest BCUT2D eigenvalue weighted by Crippen LogP contribution is 2.60. The van der Waals surface area contributed by atoms with Crippen LogP contribution in [0.1, 0.15) is 46.5 Å². The molecule has 26 heavy (non-hydrogen) atoms. The molecule has 1 heterocycles. The number of carbonyl (C=O) groups excluding carboxylic acids is 1. The van der Waals surface area contributed by atoms with Crippen molar-refractivity contribution in [3.63, 3.8) is 0 Å². The fourth-order valence-corrected chi connectivity index (χ4v) is 5.84. The molecule has 0 bridgehead atoms. The summed E-state index contributed by atoms with van der Waals surface area (Å²) in [4.78, 5) is 11.3. The van der Waals surface area contributed by atoms with Crippen LogP contribution in [0.25, 0.3) is 0 Å². The molecule has 0 spiro atoms. The summed E-state index contributed by atoms with van der Waals surface area (Å²) in [5, 5.41) is 42.0. The van der Waals surface area contributed by atoms with Crippen molar-refractivity contribution in [1.29, 1.82) is 0 Å². The maximum atomic E-state index is 11.3. The van der Waals surface area contributed by atoms with Crippen LogP contribution in [0.4, 0.5) is 0 Å². The predicted molar refractivity (Wildman–Crippen MR) is 95.0 cm³/mol. The Morgan fingerprint density at radius 3 is 2.58 bits per heavy atom. The third-order valence-corrected chi connectivity index (χ3v) is 6.77. The largest absolute Gasteiger partial charge is 0.458 e. The van der Waals surface area contributed by atoms with Crippen molar-refractivity contribution in [3.8, 4) is 0 Å². The van der Waals surface area contributed by atoms with E-state index in [4.69, 9.17) is 4.74 Å². The van der Waals surface area contributed by atoms with E-state index in [0.29, 0.717) is 31.3 Å². The Labute approximate surface area is 154 Å². The van der Waals surface area contributed by atoms with E-state index in [9.17, 15) is 25.2 Å². The standard InChI is InChI=1S/C20H30O6/c1-11-4-16(24)18-19(2,10-21)7-13(22)8-20(18,3)14(11)6-15(23)12-5-17(25)26-9-12/h5,13,15-16,18,21-24H,4,6-10H2,1-3H3/t13-,15+,16-,18-,19+,20+/m0/s1. The highest BCUT2D eigenvalue weighted by molar-refractivity contribution is 5.85. The minimum Gasteiger partial charge on any atom is -0.458 e. The number of aliphatic hydroxyl groups is 4. The summed E-state index contributed by atoms with van der Waals surface area (Å²) in [7, 11) is 0. The second-order valence-electron chi connectivity index (χ2n) is 8.85. The van der Waals surface area contributed by atoms with E-state index in [1.165, 1.54) is 6.08 Å². The van der Waals surface area contributed by atoms with Gasteiger partial charge in [-0.15, -0.1) is 0 Å². The van der Waals surface area contributed by atoms with E-state index in [1.807, 2.05) is 20.8 Å². The van der Waals surface area contributed by atoms with Crippen LogP contribution < -0.4 is 0 Å². The third kappa shape index (κ3) is 3.13. The van der Waals surface area contributed by atoms with Crippen molar-refractivity contribution in [3.05, 3.63) is 22.8 Å². The third-order valence-electron chi connectivity index (χ3n) is 6.77. The first kappa shape index (κ1) is 19.5. The highest BCUT2D eigenvalue weighted by Gasteiger charge is 2.57. The summed E-state index contributed by atoms with van der Waals surface area (Å²) in [6.07, 6.45) is 1.09. The molecule has 4 N–H and O–H groups in total. The predicted octanol–water partition coefficient (Wildman–Crippen LogP) is 1.08. The number of cyclic esters (lactones) is 1. The summed E-state index contributed by atoms with van der Waals surface area (Å²) >= 11 is 0. The minimum absolute atomic E-state index is 0.103. The van der Waals surface area contributed by atoms with Gasteiger partial charge in [-0.2, -0.15) is 0 Å². The maximum absolute atomic E-state index is 11.3. The lowest BCUT2D eigenvalue weighted by Gasteiger charge is -2.58. The zero-order valence-corrected chi connectivity index (χ0v) is 15.7. The van der Waals surface area contributed by atoms with E-state index >= 15 is 0 Å². The van der Waals surface area contributed by atoms with Gasteiger partial charge in [0.1, 0.15) is 6.61 Å². The summed E-state index contributed by atoms with van der Waals surface area (Å²) in [5.74, 6) is -0.640. The molecule has 0 saturated heterocycles. The second kappa shape index (κ2) is 6.75. The molecule has 146 valence electrons. The van der Waals surface area contributed by atoms with Crippen LogP contribution >= 0.6 is 0 Å². The average molecular weight is 366 g/mol. The van der Waals surface area contributed by atoms with Crippen molar-refractivity contribution in [1.82, 2.24) is 0 Å². The number of rotatable bonds is 4. The van der Waals surface area contributed by atoms with Gasteiger partial charge >= 0.3 is 5.97 Å². The lowest BCUT2D eigenvalue weighted by atomic mass is 9.48. The number of aliphatic hydroxyl groups excluding tert-OH is 4. The van der Waals surface area contributed by atoms with Crippen molar-refractivity contribution in [2.24, 2.45) is 16.7 Å². The Morgan fingerprint density at radius 2 is 2.00 bits per heavy atom. The fourth-order valence-electron chi connectivity index (χ4n) is 5.84. The topological polar surface area (TPSA) is 107 Å². The van der Waals surface area contributed by atoms with Gasteiger partial charge in [-0.1, -0.05) is 25.0 Å². The van der Waals surface area contributed by atoms with Gasteiger partial charge in [0.15, 0.2) is 0 Å². The van der Waals surface area contributed by atoms with Crippen molar-refractivity contribution in [2.45, 2.75) is 64.8 Å². The molecule has 0 aromatic carbocycles. The van der Waals surface area contributed by atoms with Gasteiger partial charge in [0, 0.05) is 24.2 Å². The molecule has 1 fully saturated rings. The number of fused-ring (bicyclic) bond motifs is 1. The van der Waals surface area contributed by atoms with Gasteiger partial charge in [-0.05, 0) is 43.4 Å². The van der Waals surface area contributed by atoms with E-state index in [0.717, 1.165) is 11.1 Å². The Kier molecular flexibility index (Phi) is 5.07. The molecule has 0 aromatic rings. The molecule has 0 radical (unpaired) electrons. The lowest BCUT2D eigenvalue weighted by Crippen LogP contribution is -2.57. The van der Waals surface area contributed by atoms with Crippen LogP contribution in [0.3, 0.4) is 0 Å². The van der Waals surface area contributed by atoms with Crippen LogP contribution in [0, 0.1) is 16.7 Å². The van der Waals surface area contributed by atoms with Gasteiger partial charge in [0.05, 0.1) is 18.3 Å². The molecule has 2 aliphatic carbocycles. The Balaban J connectivity index is 1.97. The zero-order valence-electron chi connectivity index (χ0n) is 15.7. The van der Waals surface area contributed by atoms with Gasteiger partial charge in [-0.3, -0.25) is 0 Å². The van der Waals surface area contributed by atoms with Gasteiger partial charge in [0.2, 0.25) is 0 Å². The molecule has 0 unspecified atom stereocenters. The summed E-state index contributed by atoms with van der Waals surface area (Å²) in [6.45, 7) is 5.89. The summed E-state index contributed by atoms with van der Waals surface area (Å²) in [6, 6.07) is 0. The molecular weight excluding hydrogens is 336 g/mol. The van der Waals surface area contributed by atoms with E-state index in [1.54, 1.807) is 0 Å². The average Bonchev–Trinajstić information content (AvgIpc) is 2.96. The molecule has 0 amide bonds. The zero-order chi connectivity index (χ0) is 19.3. The molecule has 6 atom stereocenters. The Bertz CT molecular complexity index is 653. The van der Waals surface area contributed by atoms with Gasteiger partial charge in [0.25, 0.3) is 0 Å². The minimum atomic E-state index is -0.835. The van der Waals surface area contributed by atoms with Gasteiger partial charge < -0.3 is 25.2 Å². The number of hydrogen-bond acceptors (Lipinski definition) is 6. The van der Waals surface area contributed by atoms with Gasteiger partial charge in [-0.25, -0.2) is 4.79 Å².